The average Bonchev–Trinajstić information content (AvgIpc) is 2.33. The van der Waals surface area contributed by atoms with Gasteiger partial charge in [-0.3, -0.25) is 4.79 Å². The molecule has 0 aliphatic carbocycles. The molecule has 0 aliphatic rings. The number of carboxylic acid groups (broad SMARTS) is 1. The van der Waals surface area contributed by atoms with E-state index in [-0.39, 0.29) is 11.7 Å². The highest BCUT2D eigenvalue weighted by Crippen LogP contribution is 2.26. The van der Waals surface area contributed by atoms with Gasteiger partial charge < -0.3 is 10.4 Å². The Labute approximate surface area is 127 Å². The van der Waals surface area contributed by atoms with Gasteiger partial charge in [0.25, 0.3) is 0 Å². The lowest BCUT2D eigenvalue weighted by Crippen LogP contribution is -2.49. The summed E-state index contributed by atoms with van der Waals surface area (Å²) in [5.74, 6) is -1.23. The second-order valence-electron chi connectivity index (χ2n) is 5.42. The third-order valence-corrected chi connectivity index (χ3v) is 4.13. The predicted molar refractivity (Wildman–Crippen MR) is 81.2 cm³/mol. The zero-order valence-corrected chi connectivity index (χ0v) is 13.2. The number of carboxylic acids is 1. The van der Waals surface area contributed by atoms with Gasteiger partial charge in [0, 0.05) is 4.90 Å². The summed E-state index contributed by atoms with van der Waals surface area (Å²) in [6, 6.07) is 6.30. The first-order valence-electron chi connectivity index (χ1n) is 6.11. The summed E-state index contributed by atoms with van der Waals surface area (Å²) >= 11 is 7.27. The molecule has 6 heteroatoms. The topological polar surface area (TPSA) is 66.4 Å². The maximum absolute atomic E-state index is 11.9. The van der Waals surface area contributed by atoms with Crippen LogP contribution in [0.3, 0.4) is 0 Å². The minimum Gasteiger partial charge on any atom is -0.480 e. The van der Waals surface area contributed by atoms with E-state index in [4.69, 9.17) is 16.7 Å². The first-order chi connectivity index (χ1) is 9.21. The SMILES string of the molecule is CC(C)(C)C(NC(=O)CSc1ccccc1Cl)C(=O)O. The zero-order chi connectivity index (χ0) is 15.3. The van der Waals surface area contributed by atoms with Crippen LogP contribution in [0, 0.1) is 5.41 Å². The molecule has 1 aromatic rings. The first kappa shape index (κ1) is 16.9. The van der Waals surface area contributed by atoms with E-state index in [0.717, 1.165) is 4.90 Å². The van der Waals surface area contributed by atoms with Gasteiger partial charge in [-0.25, -0.2) is 4.79 Å². The van der Waals surface area contributed by atoms with Gasteiger partial charge >= 0.3 is 5.97 Å². The van der Waals surface area contributed by atoms with Gasteiger partial charge in [0.1, 0.15) is 6.04 Å². The highest BCUT2D eigenvalue weighted by atomic mass is 35.5. The van der Waals surface area contributed by atoms with Crippen molar-refractivity contribution in [2.75, 3.05) is 5.75 Å². The van der Waals surface area contributed by atoms with Crippen LogP contribution in [0.4, 0.5) is 0 Å². The summed E-state index contributed by atoms with van der Waals surface area (Å²) < 4.78 is 0. The Morgan fingerprint density at radius 1 is 1.35 bits per heavy atom. The number of halogens is 1. The summed E-state index contributed by atoms with van der Waals surface area (Å²) in [4.78, 5) is 23.8. The number of hydrogen-bond donors (Lipinski definition) is 2. The van der Waals surface area contributed by atoms with E-state index in [9.17, 15) is 9.59 Å². The number of rotatable bonds is 5. The largest absolute Gasteiger partial charge is 0.480 e. The van der Waals surface area contributed by atoms with Crippen molar-refractivity contribution in [2.24, 2.45) is 5.41 Å². The maximum Gasteiger partial charge on any atom is 0.326 e. The average molecular weight is 316 g/mol. The third kappa shape index (κ3) is 5.06. The van der Waals surface area contributed by atoms with Crippen LogP contribution in [0.25, 0.3) is 0 Å². The Hall–Kier alpha value is -1.20. The van der Waals surface area contributed by atoms with E-state index < -0.39 is 17.4 Å². The predicted octanol–water partition coefficient (Wildman–Crippen LogP) is 3.05. The van der Waals surface area contributed by atoms with E-state index in [1.165, 1.54) is 11.8 Å². The van der Waals surface area contributed by atoms with Crippen LogP contribution in [-0.4, -0.2) is 28.8 Å². The molecule has 0 bridgehead atoms. The molecule has 0 heterocycles. The van der Waals surface area contributed by atoms with Crippen molar-refractivity contribution in [3.8, 4) is 0 Å². The molecule has 0 saturated heterocycles. The normalized spacial score (nSPS) is 12.8. The number of aliphatic carboxylic acids is 1. The summed E-state index contributed by atoms with van der Waals surface area (Å²) in [6.45, 7) is 5.31. The summed E-state index contributed by atoms with van der Waals surface area (Å²) in [7, 11) is 0. The van der Waals surface area contributed by atoms with E-state index in [1.54, 1.807) is 26.8 Å². The Morgan fingerprint density at radius 3 is 2.45 bits per heavy atom. The maximum atomic E-state index is 11.9. The number of carbonyl (C=O) groups is 2. The molecule has 0 spiro atoms. The first-order valence-corrected chi connectivity index (χ1v) is 7.47. The van der Waals surface area contributed by atoms with Crippen LogP contribution in [-0.2, 0) is 9.59 Å². The van der Waals surface area contributed by atoms with Gasteiger partial charge in [0.15, 0.2) is 0 Å². The highest BCUT2D eigenvalue weighted by molar-refractivity contribution is 8.00. The zero-order valence-electron chi connectivity index (χ0n) is 11.6. The molecule has 0 aliphatic heterocycles. The molecule has 4 nitrogen and oxygen atoms in total. The second kappa shape index (κ2) is 6.99. The monoisotopic (exact) mass is 315 g/mol. The molecule has 110 valence electrons. The highest BCUT2D eigenvalue weighted by Gasteiger charge is 2.32. The molecule has 1 rings (SSSR count). The standard InChI is InChI=1S/C14H18ClNO3S/c1-14(2,3)12(13(18)19)16-11(17)8-20-10-7-5-4-6-9(10)15/h4-7,12H,8H2,1-3H3,(H,16,17)(H,18,19). The number of carbonyl (C=O) groups excluding carboxylic acids is 1. The van der Waals surface area contributed by atoms with Crippen molar-refractivity contribution in [3.63, 3.8) is 0 Å². The molecule has 20 heavy (non-hydrogen) atoms. The Kier molecular flexibility index (Phi) is 5.89. The molecule has 1 aromatic carbocycles. The molecule has 1 unspecified atom stereocenters. The fourth-order valence-corrected chi connectivity index (χ4v) is 2.61. The molecular formula is C14H18ClNO3S. The minimum absolute atomic E-state index is 0.129. The van der Waals surface area contributed by atoms with Crippen LogP contribution < -0.4 is 5.32 Å². The summed E-state index contributed by atoms with van der Waals surface area (Å²) in [5, 5.41) is 12.3. The molecular weight excluding hydrogens is 298 g/mol. The van der Waals surface area contributed by atoms with Crippen molar-refractivity contribution >= 4 is 35.2 Å². The van der Waals surface area contributed by atoms with E-state index in [0.29, 0.717) is 5.02 Å². The number of hydrogen-bond acceptors (Lipinski definition) is 3. The van der Waals surface area contributed by atoms with Crippen LogP contribution in [0.1, 0.15) is 20.8 Å². The lowest BCUT2D eigenvalue weighted by atomic mass is 9.87. The van der Waals surface area contributed by atoms with Crippen molar-refractivity contribution in [1.29, 1.82) is 0 Å². The Morgan fingerprint density at radius 2 is 1.95 bits per heavy atom. The molecule has 2 N–H and O–H groups in total. The smallest absolute Gasteiger partial charge is 0.326 e. The van der Waals surface area contributed by atoms with Crippen LogP contribution in [0.15, 0.2) is 29.2 Å². The third-order valence-electron chi connectivity index (χ3n) is 2.61. The van der Waals surface area contributed by atoms with Crippen molar-refractivity contribution in [1.82, 2.24) is 5.32 Å². The molecule has 0 radical (unpaired) electrons. The Bertz CT molecular complexity index is 499. The molecule has 1 amide bonds. The van der Waals surface area contributed by atoms with Crippen molar-refractivity contribution < 1.29 is 14.7 Å². The van der Waals surface area contributed by atoms with Gasteiger partial charge in [-0.15, -0.1) is 11.8 Å². The van der Waals surface area contributed by atoms with Gasteiger partial charge in [0.05, 0.1) is 10.8 Å². The van der Waals surface area contributed by atoms with E-state index >= 15 is 0 Å². The van der Waals surface area contributed by atoms with Crippen LogP contribution in [0.2, 0.25) is 5.02 Å². The van der Waals surface area contributed by atoms with Crippen LogP contribution >= 0.6 is 23.4 Å². The second-order valence-corrected chi connectivity index (χ2v) is 6.85. The minimum atomic E-state index is -1.03. The number of benzene rings is 1. The number of nitrogens with one attached hydrogen (secondary N) is 1. The van der Waals surface area contributed by atoms with Crippen LogP contribution in [0.5, 0.6) is 0 Å². The van der Waals surface area contributed by atoms with Gasteiger partial charge in [-0.05, 0) is 17.5 Å². The lowest BCUT2D eigenvalue weighted by molar-refractivity contribution is -0.144. The molecule has 0 fully saturated rings. The van der Waals surface area contributed by atoms with Gasteiger partial charge in [-0.1, -0.05) is 44.5 Å². The Balaban J connectivity index is 2.60. The molecule has 0 aromatic heterocycles. The quantitative estimate of drug-likeness (QED) is 0.820. The summed E-state index contributed by atoms with van der Waals surface area (Å²) in [6.07, 6.45) is 0. The number of amides is 1. The van der Waals surface area contributed by atoms with E-state index in [2.05, 4.69) is 5.32 Å². The van der Waals surface area contributed by atoms with E-state index in [1.807, 2.05) is 18.2 Å². The van der Waals surface area contributed by atoms with Crippen molar-refractivity contribution in [2.45, 2.75) is 31.7 Å². The van der Waals surface area contributed by atoms with Crippen molar-refractivity contribution in [3.05, 3.63) is 29.3 Å². The summed E-state index contributed by atoms with van der Waals surface area (Å²) in [5.41, 5.74) is -0.545. The molecule has 0 saturated carbocycles. The fraction of sp³-hybridized carbons (Fsp3) is 0.429. The lowest BCUT2D eigenvalue weighted by Gasteiger charge is -2.27. The molecule has 1 atom stereocenters. The van der Waals surface area contributed by atoms with Gasteiger partial charge in [-0.2, -0.15) is 0 Å². The number of thioether (sulfide) groups is 1. The fourth-order valence-electron chi connectivity index (χ4n) is 1.56. The van der Waals surface area contributed by atoms with Gasteiger partial charge in [0.2, 0.25) is 5.91 Å².